The van der Waals surface area contributed by atoms with Crippen LogP contribution in [-0.2, 0) is 0 Å². The predicted molar refractivity (Wildman–Crippen MR) is 151 cm³/mol. The first-order valence-corrected chi connectivity index (χ1v) is 13.5. The summed E-state index contributed by atoms with van der Waals surface area (Å²) in [5, 5.41) is 18.3. The molecule has 40 heavy (non-hydrogen) atoms. The Labute approximate surface area is 231 Å². The molecule has 11 heteroatoms. The molecule has 0 unspecified atom stereocenters. The monoisotopic (exact) mass is 537 g/mol. The number of pyridine rings is 1. The lowest BCUT2D eigenvalue weighted by molar-refractivity contribution is 0.0997. The normalized spacial score (nSPS) is 14.2. The molecule has 1 fully saturated rings. The van der Waals surface area contributed by atoms with E-state index >= 15 is 0 Å². The van der Waals surface area contributed by atoms with Gasteiger partial charge in [0.2, 0.25) is 0 Å². The predicted octanol–water partition coefficient (Wildman–Crippen LogP) is 4.81. The van der Waals surface area contributed by atoms with E-state index in [2.05, 4.69) is 28.8 Å². The quantitative estimate of drug-likeness (QED) is 0.282. The van der Waals surface area contributed by atoms with Crippen molar-refractivity contribution < 1.29 is 10.0 Å². The van der Waals surface area contributed by atoms with Crippen molar-refractivity contribution in [2.24, 2.45) is 5.73 Å². The van der Waals surface area contributed by atoms with E-state index in [4.69, 9.17) is 15.8 Å². The van der Waals surface area contributed by atoms with Gasteiger partial charge in [0.25, 0.3) is 5.91 Å². The second-order valence-corrected chi connectivity index (χ2v) is 10.5. The van der Waals surface area contributed by atoms with E-state index in [1.807, 2.05) is 16.8 Å². The van der Waals surface area contributed by atoms with Gasteiger partial charge < -0.3 is 10.3 Å². The van der Waals surface area contributed by atoms with Gasteiger partial charge in [-0.3, -0.25) is 15.1 Å². The summed E-state index contributed by atoms with van der Waals surface area (Å²) in [5.74, 6) is -0.497. The average molecular weight is 538 g/mol. The minimum absolute atomic E-state index is 0.0714. The number of hydrogen-bond donors (Lipinski definition) is 2. The molecule has 1 aliphatic carbocycles. The number of nitrogens with zero attached hydrogens (tertiary/aromatic N) is 8. The number of fused-ring (bicyclic) bond motifs is 1. The molecule has 1 aromatic carbocycles. The molecule has 0 aliphatic heterocycles. The van der Waals surface area contributed by atoms with Crippen LogP contribution in [0.5, 0.6) is 0 Å². The van der Waals surface area contributed by atoms with E-state index in [1.165, 1.54) is 11.4 Å². The van der Waals surface area contributed by atoms with Crippen LogP contribution in [0.2, 0.25) is 0 Å². The molecule has 5 aromatic rings. The minimum atomic E-state index is -0.593. The molecule has 1 amide bonds. The second-order valence-electron chi connectivity index (χ2n) is 10.5. The highest BCUT2D eigenvalue weighted by Gasteiger charge is 2.26. The van der Waals surface area contributed by atoms with E-state index in [-0.39, 0.29) is 17.5 Å². The SMILES string of the molecule is CC(C)c1nn(-c2ccc(C(N)=O)c(N(O)C3CCCCC3)c2)c2nccc(-n3cnc(-c4cncnc4)c3)c12. The molecule has 0 atom stereocenters. The van der Waals surface area contributed by atoms with E-state index in [9.17, 15) is 10.0 Å². The standard InChI is InChI=1S/C29H31N9O2/c1-18(2)27-26-24(36-15-23(34-17-36)19-13-31-16-32-14-19)10-11-33-29(26)37(35-27)21-8-9-22(28(30)39)25(12-21)38(40)20-6-4-3-5-7-20/h8-18,20,40H,3-7H2,1-2H3,(H2,30,39). The van der Waals surface area contributed by atoms with Crippen LogP contribution in [-0.4, -0.2) is 51.4 Å². The third-order valence-electron chi connectivity index (χ3n) is 7.50. The fraction of sp³-hybridized carbons (Fsp3) is 0.310. The van der Waals surface area contributed by atoms with Crippen LogP contribution in [0.25, 0.3) is 33.7 Å². The Morgan fingerprint density at radius 1 is 1.10 bits per heavy atom. The molecule has 0 spiro atoms. The van der Waals surface area contributed by atoms with Gasteiger partial charge in [-0.2, -0.15) is 5.10 Å². The molecule has 4 heterocycles. The summed E-state index contributed by atoms with van der Waals surface area (Å²) in [4.78, 5) is 29.8. The maximum absolute atomic E-state index is 12.3. The summed E-state index contributed by atoms with van der Waals surface area (Å²) in [7, 11) is 0. The van der Waals surface area contributed by atoms with Crippen molar-refractivity contribution in [3.63, 3.8) is 0 Å². The highest BCUT2D eigenvalue weighted by Crippen LogP contribution is 2.34. The smallest absolute Gasteiger partial charge is 0.250 e. The molecular formula is C29H31N9O2. The van der Waals surface area contributed by atoms with Gasteiger partial charge in [-0.05, 0) is 43.0 Å². The van der Waals surface area contributed by atoms with Crippen molar-refractivity contribution in [1.29, 1.82) is 0 Å². The van der Waals surface area contributed by atoms with Crippen molar-refractivity contribution in [1.82, 2.24) is 34.3 Å². The summed E-state index contributed by atoms with van der Waals surface area (Å²) in [6.07, 6.45) is 15.3. The molecule has 3 N–H and O–H groups in total. The van der Waals surface area contributed by atoms with Gasteiger partial charge in [-0.1, -0.05) is 33.1 Å². The van der Waals surface area contributed by atoms with Crippen LogP contribution in [0.15, 0.2) is 61.7 Å². The third kappa shape index (κ3) is 4.58. The molecule has 0 radical (unpaired) electrons. The summed E-state index contributed by atoms with van der Waals surface area (Å²) >= 11 is 0. The zero-order valence-corrected chi connectivity index (χ0v) is 22.5. The number of imidazole rings is 1. The first-order valence-electron chi connectivity index (χ1n) is 13.5. The Hall–Kier alpha value is -4.64. The van der Waals surface area contributed by atoms with E-state index in [0.717, 1.165) is 60.1 Å². The Morgan fingerprint density at radius 3 is 2.60 bits per heavy atom. The molecule has 0 bridgehead atoms. The van der Waals surface area contributed by atoms with Crippen molar-refractivity contribution in [3.05, 3.63) is 73.0 Å². The molecule has 1 aliphatic rings. The number of rotatable bonds is 7. The Morgan fingerprint density at radius 2 is 1.88 bits per heavy atom. The number of aromatic nitrogens is 7. The number of benzene rings is 1. The lowest BCUT2D eigenvalue weighted by Gasteiger charge is -2.31. The molecule has 1 saturated carbocycles. The lowest BCUT2D eigenvalue weighted by atomic mass is 9.94. The molecule has 204 valence electrons. The van der Waals surface area contributed by atoms with Crippen LogP contribution in [0.4, 0.5) is 5.69 Å². The first kappa shape index (κ1) is 25.6. The summed E-state index contributed by atoms with van der Waals surface area (Å²) in [6, 6.07) is 7.07. The van der Waals surface area contributed by atoms with Gasteiger partial charge in [0, 0.05) is 30.4 Å². The fourth-order valence-electron chi connectivity index (χ4n) is 5.46. The maximum atomic E-state index is 12.3. The first-order chi connectivity index (χ1) is 19.4. The zero-order valence-electron chi connectivity index (χ0n) is 22.5. The summed E-state index contributed by atoms with van der Waals surface area (Å²) in [5.41, 5.74) is 11.0. The highest BCUT2D eigenvalue weighted by molar-refractivity contribution is 5.99. The van der Waals surface area contributed by atoms with E-state index < -0.39 is 5.91 Å². The second kappa shape index (κ2) is 10.5. The lowest BCUT2D eigenvalue weighted by Crippen LogP contribution is -2.35. The Balaban J connectivity index is 1.48. The minimum Gasteiger partial charge on any atom is -0.366 e. The van der Waals surface area contributed by atoms with Crippen molar-refractivity contribution in [3.8, 4) is 22.6 Å². The summed E-state index contributed by atoms with van der Waals surface area (Å²) in [6.45, 7) is 4.17. The van der Waals surface area contributed by atoms with Gasteiger partial charge in [0.15, 0.2) is 5.65 Å². The van der Waals surface area contributed by atoms with Crippen LogP contribution >= 0.6 is 0 Å². The highest BCUT2D eigenvalue weighted by atomic mass is 16.5. The fourth-order valence-corrected chi connectivity index (χ4v) is 5.46. The van der Waals surface area contributed by atoms with Crippen molar-refractivity contribution in [2.75, 3.05) is 5.06 Å². The number of carbonyl (C=O) groups is 1. The van der Waals surface area contributed by atoms with Gasteiger partial charge in [-0.25, -0.2) is 24.6 Å². The van der Waals surface area contributed by atoms with E-state index in [1.54, 1.807) is 47.8 Å². The Bertz CT molecular complexity index is 1670. The van der Waals surface area contributed by atoms with Crippen LogP contribution in [0.1, 0.15) is 67.9 Å². The number of primary amides is 1. The number of amides is 1. The molecular weight excluding hydrogens is 506 g/mol. The average Bonchev–Trinajstić information content (AvgIpc) is 3.63. The van der Waals surface area contributed by atoms with Gasteiger partial charge in [0.1, 0.15) is 6.33 Å². The van der Waals surface area contributed by atoms with Crippen LogP contribution in [0, 0.1) is 0 Å². The van der Waals surface area contributed by atoms with Crippen molar-refractivity contribution >= 4 is 22.6 Å². The van der Waals surface area contributed by atoms with Gasteiger partial charge in [-0.15, -0.1) is 0 Å². The molecule has 0 saturated heterocycles. The number of nitrogens with two attached hydrogens (primary N) is 1. The number of carbonyl (C=O) groups excluding carboxylic acids is 1. The number of hydrogen-bond acceptors (Lipinski definition) is 8. The molecule has 4 aromatic heterocycles. The molecule has 6 rings (SSSR count). The molecule has 11 nitrogen and oxygen atoms in total. The van der Waals surface area contributed by atoms with Crippen molar-refractivity contribution in [2.45, 2.75) is 57.9 Å². The van der Waals surface area contributed by atoms with Crippen LogP contribution in [0.3, 0.4) is 0 Å². The van der Waals surface area contributed by atoms with Crippen LogP contribution < -0.4 is 10.8 Å². The largest absolute Gasteiger partial charge is 0.366 e. The number of anilines is 1. The van der Waals surface area contributed by atoms with E-state index in [0.29, 0.717) is 17.0 Å². The summed E-state index contributed by atoms with van der Waals surface area (Å²) < 4.78 is 3.71. The number of hydroxylamine groups is 1. The maximum Gasteiger partial charge on any atom is 0.250 e. The topological polar surface area (TPSA) is 141 Å². The van der Waals surface area contributed by atoms with Gasteiger partial charge >= 0.3 is 0 Å². The zero-order chi connectivity index (χ0) is 27.8. The Kier molecular flexibility index (Phi) is 6.72. The third-order valence-corrected chi connectivity index (χ3v) is 7.50. The van der Waals surface area contributed by atoms with Gasteiger partial charge in [0.05, 0.1) is 51.8 Å².